The molecule has 1 aromatic carbocycles. The molecule has 0 bridgehead atoms. The highest BCUT2D eigenvalue weighted by molar-refractivity contribution is 7.90. The molecular weight excluding hydrogens is 366 g/mol. The summed E-state index contributed by atoms with van der Waals surface area (Å²) >= 11 is 0. The first-order valence-corrected chi connectivity index (χ1v) is 9.79. The van der Waals surface area contributed by atoms with Gasteiger partial charge in [-0.15, -0.1) is 0 Å². The van der Waals surface area contributed by atoms with E-state index in [1.54, 1.807) is 30.4 Å². The number of benzene rings is 1. The Morgan fingerprint density at radius 1 is 1.26 bits per heavy atom. The molecule has 142 valence electrons. The lowest BCUT2D eigenvalue weighted by Gasteiger charge is -2.14. The summed E-state index contributed by atoms with van der Waals surface area (Å²) in [5.41, 5.74) is 13.4. The van der Waals surface area contributed by atoms with Gasteiger partial charge in [0, 0.05) is 42.4 Å². The first-order chi connectivity index (χ1) is 12.7. The second-order valence-electron chi connectivity index (χ2n) is 5.73. The third-order valence-electron chi connectivity index (χ3n) is 3.45. The fourth-order valence-corrected chi connectivity index (χ4v) is 2.91. The number of rotatable bonds is 6. The highest BCUT2D eigenvalue weighted by Crippen LogP contribution is 2.27. The summed E-state index contributed by atoms with van der Waals surface area (Å²) in [7, 11) is -3.35. The summed E-state index contributed by atoms with van der Waals surface area (Å²) in [6.07, 6.45) is 7.16. The average molecular weight is 387 g/mol. The lowest BCUT2D eigenvalue weighted by molar-refractivity contribution is -0.114. The fraction of sp³-hybridized carbons (Fsp3) is 0.111. The van der Waals surface area contributed by atoms with Crippen molar-refractivity contribution in [2.24, 2.45) is 11.5 Å². The van der Waals surface area contributed by atoms with Gasteiger partial charge in [0.05, 0.1) is 10.6 Å². The van der Waals surface area contributed by atoms with Gasteiger partial charge in [-0.25, -0.2) is 13.4 Å². The Labute approximate surface area is 157 Å². The predicted molar refractivity (Wildman–Crippen MR) is 107 cm³/mol. The number of pyridine rings is 1. The maximum Gasteiger partial charge on any atom is 0.222 e. The highest BCUT2D eigenvalue weighted by Gasteiger charge is 2.11. The van der Waals surface area contributed by atoms with Crippen molar-refractivity contribution in [3.05, 3.63) is 60.4 Å². The zero-order valence-electron chi connectivity index (χ0n) is 14.9. The van der Waals surface area contributed by atoms with Gasteiger partial charge in [0.25, 0.3) is 0 Å². The molecule has 8 nitrogen and oxygen atoms in total. The average Bonchev–Trinajstić information content (AvgIpc) is 2.59. The minimum absolute atomic E-state index is 0.180. The van der Waals surface area contributed by atoms with E-state index in [2.05, 4.69) is 15.6 Å². The molecule has 0 atom stereocenters. The van der Waals surface area contributed by atoms with Crippen LogP contribution in [-0.4, -0.2) is 25.6 Å². The van der Waals surface area contributed by atoms with Crippen LogP contribution in [0.25, 0.3) is 5.70 Å². The second-order valence-corrected chi connectivity index (χ2v) is 7.74. The third-order valence-corrected chi connectivity index (χ3v) is 4.56. The number of hydrogen-bond acceptors (Lipinski definition) is 7. The molecule has 27 heavy (non-hydrogen) atoms. The van der Waals surface area contributed by atoms with E-state index in [0.717, 1.165) is 6.26 Å². The Kier molecular flexibility index (Phi) is 6.19. The number of aromatic nitrogens is 1. The minimum atomic E-state index is -3.35. The number of nitrogens with one attached hydrogen (secondary N) is 2. The zero-order valence-corrected chi connectivity index (χ0v) is 15.7. The summed E-state index contributed by atoms with van der Waals surface area (Å²) in [4.78, 5) is 15.6. The molecule has 0 saturated heterocycles. The number of allylic oxidation sites excluding steroid dienone is 2. The monoisotopic (exact) mass is 387 g/mol. The number of anilines is 3. The molecule has 0 aliphatic carbocycles. The largest absolute Gasteiger partial charge is 0.405 e. The first-order valence-electron chi connectivity index (χ1n) is 7.90. The Balaban J connectivity index is 2.50. The van der Waals surface area contributed by atoms with Crippen molar-refractivity contribution in [1.82, 2.24) is 4.98 Å². The van der Waals surface area contributed by atoms with Gasteiger partial charge in [0.1, 0.15) is 5.82 Å². The Hall–Kier alpha value is -3.33. The fourth-order valence-electron chi connectivity index (χ4n) is 2.25. The zero-order chi connectivity index (χ0) is 20.0. The number of nitrogens with two attached hydrogens (primary N) is 2. The quantitative estimate of drug-likeness (QED) is 0.555. The van der Waals surface area contributed by atoms with Crippen LogP contribution in [0, 0.1) is 0 Å². The van der Waals surface area contributed by atoms with Crippen molar-refractivity contribution in [1.29, 1.82) is 0 Å². The lowest BCUT2D eigenvalue weighted by atomic mass is 10.1. The van der Waals surface area contributed by atoms with E-state index in [1.807, 2.05) is 0 Å². The van der Waals surface area contributed by atoms with Gasteiger partial charge >= 0.3 is 0 Å². The number of sulfone groups is 1. The summed E-state index contributed by atoms with van der Waals surface area (Å²) in [6.45, 7) is 1.37. The molecule has 0 radical (unpaired) electrons. The molecule has 0 fully saturated rings. The van der Waals surface area contributed by atoms with E-state index in [9.17, 15) is 13.2 Å². The standard InChI is InChI=1S/C18H21N5O3S/c1-12(24)22-18-10-17(15(11-21-18)16(20)7-4-8-19)23-13-5-3-6-14(9-13)27(2,25)26/h3-11H,19-20H2,1-2H3,(H2,21,22,23,24)/b8-4-,16-7-. The van der Waals surface area contributed by atoms with E-state index >= 15 is 0 Å². The van der Waals surface area contributed by atoms with Crippen molar-refractivity contribution >= 4 is 38.6 Å². The van der Waals surface area contributed by atoms with Gasteiger partial charge in [-0.05, 0) is 36.6 Å². The van der Waals surface area contributed by atoms with Crippen molar-refractivity contribution in [2.45, 2.75) is 11.8 Å². The SMILES string of the molecule is CC(=O)Nc1cc(Nc2cccc(S(C)(=O)=O)c2)c(/C(N)=C/C=C\N)cn1. The molecule has 9 heteroatoms. The molecule has 0 saturated carbocycles. The minimum Gasteiger partial charge on any atom is -0.405 e. The maximum atomic E-state index is 11.8. The molecule has 0 aliphatic heterocycles. The van der Waals surface area contributed by atoms with Crippen LogP contribution in [0.4, 0.5) is 17.2 Å². The molecule has 1 heterocycles. The van der Waals surface area contributed by atoms with Crippen LogP contribution in [-0.2, 0) is 14.6 Å². The molecule has 6 N–H and O–H groups in total. The molecule has 0 aliphatic rings. The van der Waals surface area contributed by atoms with Crippen LogP contribution in [0.1, 0.15) is 12.5 Å². The van der Waals surface area contributed by atoms with Crippen LogP contribution >= 0.6 is 0 Å². The smallest absolute Gasteiger partial charge is 0.222 e. The van der Waals surface area contributed by atoms with Crippen LogP contribution in [0.2, 0.25) is 0 Å². The van der Waals surface area contributed by atoms with E-state index in [4.69, 9.17) is 11.5 Å². The van der Waals surface area contributed by atoms with Gasteiger partial charge in [-0.2, -0.15) is 0 Å². The summed E-state index contributed by atoms with van der Waals surface area (Å²) < 4.78 is 23.5. The van der Waals surface area contributed by atoms with Gasteiger partial charge < -0.3 is 22.1 Å². The maximum absolute atomic E-state index is 11.8. The highest BCUT2D eigenvalue weighted by atomic mass is 32.2. The summed E-state index contributed by atoms with van der Waals surface area (Å²) in [6, 6.07) is 7.98. The predicted octanol–water partition coefficient (Wildman–Crippen LogP) is 1.96. The number of hydrogen-bond donors (Lipinski definition) is 4. The second kappa shape index (κ2) is 8.37. The van der Waals surface area contributed by atoms with Gasteiger partial charge in [-0.3, -0.25) is 4.79 Å². The van der Waals surface area contributed by atoms with Gasteiger partial charge in [0.15, 0.2) is 9.84 Å². The van der Waals surface area contributed by atoms with Crippen LogP contribution in [0.5, 0.6) is 0 Å². The van der Waals surface area contributed by atoms with Gasteiger partial charge in [-0.1, -0.05) is 6.07 Å². The van der Waals surface area contributed by atoms with Gasteiger partial charge in [0.2, 0.25) is 5.91 Å². The van der Waals surface area contributed by atoms with Crippen molar-refractivity contribution < 1.29 is 13.2 Å². The number of carbonyl (C=O) groups excluding carboxylic acids is 1. The molecule has 2 aromatic rings. The van der Waals surface area contributed by atoms with Crippen LogP contribution in [0.15, 0.2) is 59.8 Å². The molecule has 0 unspecified atom stereocenters. The van der Waals surface area contributed by atoms with Crippen molar-refractivity contribution in [2.75, 3.05) is 16.9 Å². The number of carbonyl (C=O) groups is 1. The molecule has 1 aromatic heterocycles. The number of nitrogens with zero attached hydrogens (tertiary/aromatic N) is 1. The first kappa shape index (κ1) is 20.0. The molecular formula is C18H21N5O3S. The number of amides is 1. The Morgan fingerprint density at radius 2 is 2.00 bits per heavy atom. The third kappa shape index (κ3) is 5.58. The van der Waals surface area contributed by atoms with Crippen molar-refractivity contribution in [3.8, 4) is 0 Å². The molecule has 1 amide bonds. The van der Waals surface area contributed by atoms with Crippen LogP contribution in [0.3, 0.4) is 0 Å². The molecule has 0 spiro atoms. The van der Waals surface area contributed by atoms with E-state index < -0.39 is 9.84 Å². The Morgan fingerprint density at radius 3 is 2.63 bits per heavy atom. The van der Waals surface area contributed by atoms with E-state index in [1.165, 1.54) is 31.5 Å². The van der Waals surface area contributed by atoms with E-state index in [-0.39, 0.29) is 10.8 Å². The normalized spacial score (nSPS) is 12.1. The topological polar surface area (TPSA) is 140 Å². The van der Waals surface area contributed by atoms with Crippen molar-refractivity contribution in [3.63, 3.8) is 0 Å². The summed E-state index contributed by atoms with van der Waals surface area (Å²) in [5, 5.41) is 5.72. The van der Waals surface area contributed by atoms with Crippen LogP contribution < -0.4 is 22.1 Å². The Bertz CT molecular complexity index is 1010. The molecule has 2 rings (SSSR count). The summed E-state index contributed by atoms with van der Waals surface area (Å²) in [5.74, 6) is 0.0602. The lowest BCUT2D eigenvalue weighted by Crippen LogP contribution is -2.09. The van der Waals surface area contributed by atoms with E-state index in [0.29, 0.717) is 28.5 Å².